The zero-order valence-corrected chi connectivity index (χ0v) is 14.8. The van der Waals surface area contributed by atoms with E-state index >= 15 is 0 Å². The predicted octanol–water partition coefficient (Wildman–Crippen LogP) is 4.88. The number of hydrogen-bond acceptors (Lipinski definition) is 7. The third kappa shape index (κ3) is 6.00. The lowest BCUT2D eigenvalue weighted by Crippen LogP contribution is -2.41. The second-order valence-electron chi connectivity index (χ2n) is 6.09. The summed E-state index contributed by atoms with van der Waals surface area (Å²) in [6.45, 7) is 0. The van der Waals surface area contributed by atoms with E-state index in [0.717, 1.165) is 37.3 Å². The van der Waals surface area contributed by atoms with Crippen molar-refractivity contribution in [2.24, 2.45) is 0 Å². The van der Waals surface area contributed by atoms with Crippen LogP contribution in [0, 0.1) is 0 Å². The van der Waals surface area contributed by atoms with E-state index in [1.165, 1.54) is 0 Å². The minimum absolute atomic E-state index is 0.245. The van der Waals surface area contributed by atoms with Crippen LogP contribution in [-0.2, 0) is 9.68 Å². The van der Waals surface area contributed by atoms with Crippen LogP contribution in [0.1, 0.15) is 32.1 Å². The van der Waals surface area contributed by atoms with E-state index in [9.17, 15) is 9.59 Å². The first-order valence-electron chi connectivity index (χ1n) is 8.89. The molecule has 7 nitrogen and oxygen atoms in total. The van der Waals surface area contributed by atoms with E-state index in [1.54, 1.807) is 60.7 Å². The van der Waals surface area contributed by atoms with Gasteiger partial charge in [-0.15, -0.1) is 0 Å². The van der Waals surface area contributed by atoms with Crippen LogP contribution in [0.2, 0.25) is 0 Å². The van der Waals surface area contributed by atoms with Crippen molar-refractivity contribution in [2.45, 2.75) is 38.1 Å². The van der Waals surface area contributed by atoms with Gasteiger partial charge in [0.05, 0.1) is 6.04 Å². The fourth-order valence-electron chi connectivity index (χ4n) is 2.81. The molecule has 1 saturated carbocycles. The fourth-order valence-corrected chi connectivity index (χ4v) is 2.81. The molecule has 7 heteroatoms. The number of nitrogens with zero attached hydrogens (tertiary/aromatic N) is 1. The number of carbonyl (C=O) groups excluding carboxylic acids is 2. The molecule has 0 unspecified atom stereocenters. The van der Waals surface area contributed by atoms with E-state index in [-0.39, 0.29) is 6.04 Å². The Bertz CT molecular complexity index is 675. The van der Waals surface area contributed by atoms with E-state index in [0.29, 0.717) is 11.5 Å². The number of ether oxygens (including phenoxy) is 2. The second kappa shape index (κ2) is 9.59. The van der Waals surface area contributed by atoms with Gasteiger partial charge >= 0.3 is 12.3 Å². The number of rotatable bonds is 5. The molecule has 0 N–H and O–H groups in total. The summed E-state index contributed by atoms with van der Waals surface area (Å²) in [5.74, 6) is 0.663. The van der Waals surface area contributed by atoms with Crippen LogP contribution in [0.5, 0.6) is 11.5 Å². The number of hydrogen-bond donors (Lipinski definition) is 0. The van der Waals surface area contributed by atoms with Gasteiger partial charge in [-0.05, 0) is 37.1 Å². The Morgan fingerprint density at radius 1 is 0.704 bits per heavy atom. The first-order valence-corrected chi connectivity index (χ1v) is 8.89. The standard InChI is InChI=1S/C20H21NO6/c22-19(24-17-12-6-2-7-13-17)26-21(16-10-4-1-5-11-16)27-20(23)25-18-14-8-3-9-15-18/h2-3,6-9,12-16H,1,4-5,10-11H2. The van der Waals surface area contributed by atoms with Gasteiger partial charge in [0, 0.05) is 5.23 Å². The molecule has 1 fully saturated rings. The molecule has 2 aromatic carbocycles. The van der Waals surface area contributed by atoms with Crippen molar-refractivity contribution < 1.29 is 28.7 Å². The van der Waals surface area contributed by atoms with Crippen LogP contribution < -0.4 is 9.47 Å². The van der Waals surface area contributed by atoms with Crippen LogP contribution in [0.3, 0.4) is 0 Å². The molecule has 0 saturated heterocycles. The second-order valence-corrected chi connectivity index (χ2v) is 6.09. The van der Waals surface area contributed by atoms with E-state index in [2.05, 4.69) is 0 Å². The Morgan fingerprint density at radius 3 is 1.59 bits per heavy atom. The molecule has 0 amide bonds. The normalized spacial score (nSPS) is 14.4. The molecular weight excluding hydrogens is 350 g/mol. The Hall–Kier alpha value is -3.06. The summed E-state index contributed by atoms with van der Waals surface area (Å²) in [4.78, 5) is 34.5. The molecule has 0 aromatic heterocycles. The maximum absolute atomic E-state index is 12.1. The SMILES string of the molecule is O=C(Oc1ccccc1)ON(OC(=O)Oc1ccccc1)C1CCCCC1. The van der Waals surface area contributed by atoms with Gasteiger partial charge in [0.2, 0.25) is 0 Å². The molecular formula is C20H21NO6. The third-order valence-corrected chi connectivity index (χ3v) is 4.09. The summed E-state index contributed by atoms with van der Waals surface area (Å²) in [7, 11) is 0. The Labute approximate surface area is 157 Å². The molecule has 1 aliphatic carbocycles. The molecule has 0 bridgehead atoms. The molecule has 3 rings (SSSR count). The summed E-state index contributed by atoms with van der Waals surface area (Å²) < 4.78 is 10.2. The van der Waals surface area contributed by atoms with Gasteiger partial charge in [0.25, 0.3) is 0 Å². The van der Waals surface area contributed by atoms with Crippen LogP contribution in [-0.4, -0.2) is 23.6 Å². The molecule has 0 radical (unpaired) electrons. The number of carbonyl (C=O) groups is 2. The van der Waals surface area contributed by atoms with Gasteiger partial charge < -0.3 is 9.47 Å². The van der Waals surface area contributed by atoms with Crippen LogP contribution in [0.4, 0.5) is 9.59 Å². The van der Waals surface area contributed by atoms with Crippen molar-refractivity contribution in [1.82, 2.24) is 5.23 Å². The Kier molecular flexibility index (Phi) is 6.65. The average molecular weight is 371 g/mol. The predicted molar refractivity (Wildman–Crippen MR) is 95.8 cm³/mol. The molecule has 1 aliphatic rings. The smallest absolute Gasteiger partial charge is 0.394 e. The number of hydroxylamine groups is 2. The van der Waals surface area contributed by atoms with Gasteiger partial charge in [0.1, 0.15) is 11.5 Å². The maximum Gasteiger partial charge on any atom is 0.536 e. The average Bonchev–Trinajstić information content (AvgIpc) is 2.69. The molecule has 142 valence electrons. The minimum atomic E-state index is -0.987. The molecule has 0 heterocycles. The highest BCUT2D eigenvalue weighted by atomic mass is 17.0. The van der Waals surface area contributed by atoms with Crippen molar-refractivity contribution >= 4 is 12.3 Å². The lowest BCUT2D eigenvalue weighted by molar-refractivity contribution is -0.333. The van der Waals surface area contributed by atoms with Crippen molar-refractivity contribution in [2.75, 3.05) is 0 Å². The van der Waals surface area contributed by atoms with Gasteiger partial charge in [-0.1, -0.05) is 55.7 Å². The van der Waals surface area contributed by atoms with Gasteiger partial charge in [-0.25, -0.2) is 9.59 Å². The van der Waals surface area contributed by atoms with Gasteiger partial charge in [0.15, 0.2) is 0 Å². The molecule has 0 aliphatic heterocycles. The van der Waals surface area contributed by atoms with Crippen LogP contribution in [0.25, 0.3) is 0 Å². The first-order chi connectivity index (χ1) is 13.2. The summed E-state index contributed by atoms with van der Waals surface area (Å²) in [6, 6.07) is 16.8. The highest BCUT2D eigenvalue weighted by molar-refractivity contribution is 5.65. The zero-order valence-electron chi connectivity index (χ0n) is 14.8. The minimum Gasteiger partial charge on any atom is -0.394 e. The molecule has 0 atom stereocenters. The van der Waals surface area contributed by atoms with Gasteiger partial charge in [-0.3, -0.25) is 9.68 Å². The summed E-state index contributed by atoms with van der Waals surface area (Å²) in [5.41, 5.74) is 0. The molecule has 27 heavy (non-hydrogen) atoms. The lowest BCUT2D eigenvalue weighted by Gasteiger charge is -2.29. The monoisotopic (exact) mass is 371 g/mol. The number of para-hydroxylation sites is 2. The fraction of sp³-hybridized carbons (Fsp3) is 0.300. The summed E-state index contributed by atoms with van der Waals surface area (Å²) in [6.07, 6.45) is 2.49. The molecule has 0 spiro atoms. The van der Waals surface area contributed by atoms with E-state index in [1.807, 2.05) is 0 Å². The van der Waals surface area contributed by atoms with Crippen molar-refractivity contribution in [3.8, 4) is 11.5 Å². The van der Waals surface area contributed by atoms with Gasteiger partial charge in [-0.2, -0.15) is 0 Å². The maximum atomic E-state index is 12.1. The quantitative estimate of drug-likeness (QED) is 0.421. The number of benzene rings is 2. The summed E-state index contributed by atoms with van der Waals surface area (Å²) >= 11 is 0. The van der Waals surface area contributed by atoms with Crippen molar-refractivity contribution in [3.05, 3.63) is 60.7 Å². The highest BCUT2D eigenvalue weighted by Gasteiger charge is 2.30. The van der Waals surface area contributed by atoms with Crippen LogP contribution >= 0.6 is 0 Å². The van der Waals surface area contributed by atoms with E-state index in [4.69, 9.17) is 19.1 Å². The first kappa shape index (κ1) is 18.7. The topological polar surface area (TPSA) is 74.3 Å². The Morgan fingerprint density at radius 2 is 1.15 bits per heavy atom. The van der Waals surface area contributed by atoms with E-state index < -0.39 is 12.3 Å². The van der Waals surface area contributed by atoms with Crippen LogP contribution in [0.15, 0.2) is 60.7 Å². The lowest BCUT2D eigenvalue weighted by atomic mass is 9.96. The Balaban J connectivity index is 1.61. The summed E-state index contributed by atoms with van der Waals surface area (Å²) in [5, 5.41) is 0.899. The largest absolute Gasteiger partial charge is 0.536 e. The van der Waals surface area contributed by atoms with Crippen molar-refractivity contribution in [1.29, 1.82) is 0 Å². The third-order valence-electron chi connectivity index (χ3n) is 4.09. The van der Waals surface area contributed by atoms with Crippen molar-refractivity contribution in [3.63, 3.8) is 0 Å². The highest BCUT2D eigenvalue weighted by Crippen LogP contribution is 2.24. The molecule has 2 aromatic rings. The zero-order chi connectivity index (χ0) is 18.9.